The molecule has 0 aliphatic carbocycles. The van der Waals surface area contributed by atoms with Crippen LogP contribution in [0, 0.1) is 0 Å². The normalized spacial score (nSPS) is 11.6. The van der Waals surface area contributed by atoms with Gasteiger partial charge in [-0.1, -0.05) is 170 Å². The molecular weight excluding hydrogens is 695 g/mol. The highest BCUT2D eigenvalue weighted by Gasteiger charge is 2.19. The Morgan fingerprint density at radius 3 is 1.48 bits per heavy atom. The second-order valence-electron chi connectivity index (χ2n) is 14.5. The first-order chi connectivity index (χ1) is 27.8. The van der Waals surface area contributed by atoms with Crippen molar-refractivity contribution in [2.45, 2.75) is 0 Å². The molecule has 0 unspecified atom stereocenters. The number of hydrogen-bond acceptors (Lipinski definition) is 1. The molecule has 0 N–H and O–H groups in total. The monoisotopic (exact) mass is 729 g/mol. The molecule has 0 radical (unpaired) electrons. The quantitative estimate of drug-likeness (QED) is 0.161. The van der Waals surface area contributed by atoms with Crippen LogP contribution in [0.25, 0.3) is 103 Å². The lowest BCUT2D eigenvalue weighted by Gasteiger charge is -2.16. The molecule has 0 spiro atoms. The first kappa shape index (κ1) is 32.4. The number of nitrogens with zero attached hydrogens (tertiary/aromatic N) is 1. The van der Waals surface area contributed by atoms with E-state index in [9.17, 15) is 0 Å². The van der Waals surface area contributed by atoms with E-state index in [0.717, 1.165) is 5.69 Å². The summed E-state index contributed by atoms with van der Waals surface area (Å²) in [6, 6.07) is 77.6. The Bertz CT molecular complexity index is 3130. The van der Waals surface area contributed by atoms with Gasteiger partial charge in [0.15, 0.2) is 0 Å². The third-order valence-electron chi connectivity index (χ3n) is 11.2. The molecule has 0 amide bonds. The smallest absolute Gasteiger partial charge is 0.0541 e. The van der Waals surface area contributed by atoms with Crippen LogP contribution < -0.4 is 0 Å². The summed E-state index contributed by atoms with van der Waals surface area (Å²) in [6.45, 7) is 0. The fraction of sp³-hybridized carbons (Fsp3) is 0. The van der Waals surface area contributed by atoms with Crippen LogP contribution in [-0.2, 0) is 0 Å². The van der Waals surface area contributed by atoms with Crippen LogP contribution in [0.2, 0.25) is 0 Å². The average Bonchev–Trinajstić information content (AvgIpc) is 3.83. The van der Waals surface area contributed by atoms with Gasteiger partial charge in [0.1, 0.15) is 0 Å². The molecule has 0 bridgehead atoms. The van der Waals surface area contributed by atoms with Gasteiger partial charge in [-0.05, 0) is 92.5 Å². The minimum atomic E-state index is 1.16. The van der Waals surface area contributed by atoms with E-state index in [1.807, 2.05) is 11.3 Å². The van der Waals surface area contributed by atoms with Crippen LogP contribution in [0.15, 0.2) is 212 Å². The number of hydrogen-bond donors (Lipinski definition) is 0. The summed E-state index contributed by atoms with van der Waals surface area (Å²) in [6.07, 6.45) is 0. The highest BCUT2D eigenvalue weighted by atomic mass is 32.1. The fourth-order valence-corrected chi connectivity index (χ4v) is 9.85. The molecule has 0 aliphatic rings. The van der Waals surface area contributed by atoms with Gasteiger partial charge in [0.25, 0.3) is 0 Å². The molecular formula is C54H35NS. The second kappa shape index (κ2) is 13.4. The van der Waals surface area contributed by atoms with Crippen LogP contribution in [0.1, 0.15) is 0 Å². The second-order valence-corrected chi connectivity index (χ2v) is 15.5. The lowest BCUT2D eigenvalue weighted by Crippen LogP contribution is -1.97. The number of fused-ring (bicyclic) bond motifs is 6. The van der Waals surface area contributed by atoms with E-state index >= 15 is 0 Å². The molecule has 262 valence electrons. The average molecular weight is 730 g/mol. The molecule has 1 nitrogen and oxygen atoms in total. The van der Waals surface area contributed by atoms with E-state index < -0.39 is 0 Å². The number of aromatic nitrogens is 1. The molecule has 2 heterocycles. The third-order valence-corrected chi connectivity index (χ3v) is 12.4. The van der Waals surface area contributed by atoms with E-state index in [0.29, 0.717) is 0 Å². The first-order valence-corrected chi connectivity index (χ1v) is 20.0. The molecule has 2 heteroatoms. The van der Waals surface area contributed by atoms with Gasteiger partial charge in [-0.15, -0.1) is 11.3 Å². The molecule has 56 heavy (non-hydrogen) atoms. The van der Waals surface area contributed by atoms with Crippen molar-refractivity contribution in [3.8, 4) is 61.3 Å². The fourth-order valence-electron chi connectivity index (χ4n) is 8.58. The molecule has 0 fully saturated rings. The lowest BCUT2D eigenvalue weighted by atomic mass is 9.93. The predicted molar refractivity (Wildman–Crippen MR) is 241 cm³/mol. The van der Waals surface area contributed by atoms with Crippen molar-refractivity contribution in [1.29, 1.82) is 0 Å². The van der Waals surface area contributed by atoms with Crippen molar-refractivity contribution in [2.24, 2.45) is 0 Å². The Hall–Kier alpha value is -7.00. The maximum Gasteiger partial charge on any atom is 0.0541 e. The first-order valence-electron chi connectivity index (χ1n) is 19.2. The van der Waals surface area contributed by atoms with Crippen LogP contribution in [0.3, 0.4) is 0 Å². The predicted octanol–water partition coefficient (Wildman–Crippen LogP) is 15.5. The molecule has 9 aromatic carbocycles. The van der Waals surface area contributed by atoms with Gasteiger partial charge < -0.3 is 4.57 Å². The summed E-state index contributed by atoms with van der Waals surface area (Å²) < 4.78 is 5.11. The third kappa shape index (κ3) is 5.38. The van der Waals surface area contributed by atoms with E-state index in [2.05, 4.69) is 217 Å². The van der Waals surface area contributed by atoms with Crippen LogP contribution in [0.4, 0.5) is 0 Å². The van der Waals surface area contributed by atoms with Crippen LogP contribution in [0.5, 0.6) is 0 Å². The molecule has 0 saturated carbocycles. The van der Waals surface area contributed by atoms with E-state index in [1.165, 1.54) is 97.6 Å². The standard InChI is InChI=1S/C54H35NS/c1-4-15-36(16-5-1)39-27-31-50-47(34-39)48-35-40(37-17-6-2-7-18-37)28-32-51(48)55(50)49-25-12-10-23-43(49)41-21-14-22-42(33-41)44-29-30-45(38-19-8-3-9-20-38)54-53(44)46-24-11-13-26-52(46)56-54/h1-35H. The number of thiophene rings is 1. The molecule has 0 saturated heterocycles. The maximum absolute atomic E-state index is 2.47. The van der Waals surface area contributed by atoms with Crippen molar-refractivity contribution >= 4 is 53.3 Å². The summed E-state index contributed by atoms with van der Waals surface area (Å²) >= 11 is 1.89. The van der Waals surface area contributed by atoms with Crippen molar-refractivity contribution in [3.05, 3.63) is 212 Å². The highest BCUT2D eigenvalue weighted by Crippen LogP contribution is 2.46. The van der Waals surface area contributed by atoms with Gasteiger partial charge >= 0.3 is 0 Å². The molecule has 0 atom stereocenters. The van der Waals surface area contributed by atoms with Gasteiger partial charge in [0.2, 0.25) is 0 Å². The van der Waals surface area contributed by atoms with Gasteiger partial charge in [-0.25, -0.2) is 0 Å². The molecule has 11 rings (SSSR count). The molecule has 11 aromatic rings. The Morgan fingerprint density at radius 2 is 0.821 bits per heavy atom. The Balaban J connectivity index is 1.11. The van der Waals surface area contributed by atoms with Crippen molar-refractivity contribution in [3.63, 3.8) is 0 Å². The van der Waals surface area contributed by atoms with E-state index in [1.54, 1.807) is 0 Å². The zero-order valence-electron chi connectivity index (χ0n) is 30.6. The zero-order chi connectivity index (χ0) is 37.0. The van der Waals surface area contributed by atoms with Gasteiger partial charge in [0.05, 0.1) is 16.7 Å². The SMILES string of the molecule is c1ccc(-c2ccc3c(c2)c2cc(-c4ccccc4)ccc2n3-c2ccccc2-c2cccc(-c3ccc(-c4ccccc4)c4sc5ccccc5c34)c2)cc1. The van der Waals surface area contributed by atoms with Crippen LogP contribution in [-0.4, -0.2) is 4.57 Å². The largest absolute Gasteiger partial charge is 0.309 e. The van der Waals surface area contributed by atoms with Gasteiger partial charge in [-0.2, -0.15) is 0 Å². The van der Waals surface area contributed by atoms with Crippen molar-refractivity contribution in [1.82, 2.24) is 4.57 Å². The Labute approximate surface area is 330 Å². The number of rotatable bonds is 6. The number of benzene rings is 9. The Kier molecular flexibility index (Phi) is 7.75. The van der Waals surface area contributed by atoms with Crippen molar-refractivity contribution < 1.29 is 0 Å². The summed E-state index contributed by atoms with van der Waals surface area (Å²) in [7, 11) is 0. The van der Waals surface area contributed by atoms with Gasteiger partial charge in [0, 0.05) is 36.5 Å². The van der Waals surface area contributed by atoms with E-state index in [4.69, 9.17) is 0 Å². The summed E-state index contributed by atoms with van der Waals surface area (Å²) in [5.74, 6) is 0. The van der Waals surface area contributed by atoms with Gasteiger partial charge in [-0.3, -0.25) is 0 Å². The lowest BCUT2D eigenvalue weighted by molar-refractivity contribution is 1.18. The zero-order valence-corrected chi connectivity index (χ0v) is 31.4. The molecule has 0 aliphatic heterocycles. The summed E-state index contributed by atoms with van der Waals surface area (Å²) in [4.78, 5) is 0. The maximum atomic E-state index is 2.47. The minimum absolute atomic E-state index is 1.16. The summed E-state index contributed by atoms with van der Waals surface area (Å²) in [5, 5.41) is 5.12. The van der Waals surface area contributed by atoms with Crippen molar-refractivity contribution in [2.75, 3.05) is 0 Å². The van der Waals surface area contributed by atoms with Crippen LogP contribution >= 0.6 is 11.3 Å². The number of para-hydroxylation sites is 1. The topological polar surface area (TPSA) is 4.93 Å². The highest BCUT2D eigenvalue weighted by molar-refractivity contribution is 7.26. The molecule has 2 aromatic heterocycles. The van der Waals surface area contributed by atoms with E-state index in [-0.39, 0.29) is 0 Å². The minimum Gasteiger partial charge on any atom is -0.309 e. The summed E-state index contributed by atoms with van der Waals surface area (Å²) in [5.41, 5.74) is 15.8. The Morgan fingerprint density at radius 1 is 0.304 bits per heavy atom.